The zero-order valence-corrected chi connectivity index (χ0v) is 24.4. The van der Waals surface area contributed by atoms with Crippen LogP contribution in [-0.2, 0) is 24.2 Å². The lowest BCUT2D eigenvalue weighted by Crippen LogP contribution is -2.30. The monoisotopic (exact) mass is 536 g/mol. The fraction of sp³-hybridized carbons (Fsp3) is 0.400. The molecule has 39 heavy (non-hydrogen) atoms. The van der Waals surface area contributed by atoms with E-state index in [-0.39, 0.29) is 0 Å². The van der Waals surface area contributed by atoms with Crippen molar-refractivity contribution in [3.8, 4) is 0 Å². The van der Waals surface area contributed by atoms with Gasteiger partial charge >= 0.3 is 0 Å². The number of nitrogens with two attached hydrogens (primary N) is 3. The number of nitrogens with zero attached hydrogens (tertiary/aromatic N) is 4. The van der Waals surface area contributed by atoms with Crippen LogP contribution >= 0.6 is 0 Å². The van der Waals surface area contributed by atoms with E-state index in [1.165, 1.54) is 24.5 Å². The largest absolute Gasteiger partial charge is 0.390 e. The SMILES string of the molecule is C=C/C=c1\c(=C)nc(N)c2nc(CC)n(CCCCNC=O)c12.CC.CN.Cc1ccc(CCN=CN)cc1. The second kappa shape index (κ2) is 21.0. The van der Waals surface area contributed by atoms with Crippen molar-refractivity contribution in [3.63, 3.8) is 0 Å². The van der Waals surface area contributed by atoms with Gasteiger partial charge in [0, 0.05) is 31.3 Å². The highest BCUT2D eigenvalue weighted by Crippen LogP contribution is 2.17. The Balaban J connectivity index is 0.000000759. The van der Waals surface area contributed by atoms with Crippen LogP contribution in [0, 0.1) is 6.92 Å². The summed E-state index contributed by atoms with van der Waals surface area (Å²) >= 11 is 0. The molecule has 0 atom stereocenters. The molecule has 3 aromatic rings. The lowest BCUT2D eigenvalue weighted by atomic mass is 10.1. The number of anilines is 1. The van der Waals surface area contributed by atoms with Crippen molar-refractivity contribution in [3.05, 3.63) is 64.4 Å². The summed E-state index contributed by atoms with van der Waals surface area (Å²) in [6, 6.07) is 8.48. The van der Waals surface area contributed by atoms with Crippen molar-refractivity contribution < 1.29 is 4.79 Å². The number of aromatic nitrogens is 3. The van der Waals surface area contributed by atoms with Crippen LogP contribution in [0.1, 0.15) is 50.6 Å². The fourth-order valence-electron chi connectivity index (χ4n) is 3.73. The van der Waals surface area contributed by atoms with Gasteiger partial charge in [-0.05, 0) is 38.8 Å². The third-order valence-corrected chi connectivity index (χ3v) is 5.50. The van der Waals surface area contributed by atoms with E-state index in [1.54, 1.807) is 6.08 Å². The number of nitrogens with one attached hydrogen (secondary N) is 1. The van der Waals surface area contributed by atoms with Gasteiger partial charge in [0.05, 0.1) is 17.2 Å². The number of pyridine rings is 1. The molecule has 0 saturated carbocycles. The van der Waals surface area contributed by atoms with Gasteiger partial charge in [0.15, 0.2) is 5.82 Å². The first kappa shape index (κ1) is 35.0. The number of aliphatic imine (C=N–C) groups is 1. The number of carbonyl (C=O) groups is 1. The Morgan fingerprint density at radius 3 is 2.36 bits per heavy atom. The molecule has 0 saturated heterocycles. The Morgan fingerprint density at radius 1 is 1.13 bits per heavy atom. The highest BCUT2D eigenvalue weighted by Gasteiger charge is 2.14. The molecule has 0 spiro atoms. The Morgan fingerprint density at radius 2 is 1.79 bits per heavy atom. The van der Waals surface area contributed by atoms with Crippen molar-refractivity contribution in [1.29, 1.82) is 0 Å². The summed E-state index contributed by atoms with van der Waals surface area (Å²) in [4.78, 5) is 23.2. The Labute approximate surface area is 233 Å². The maximum atomic E-state index is 10.3. The minimum Gasteiger partial charge on any atom is -0.390 e. The van der Waals surface area contributed by atoms with Crippen LogP contribution in [0.3, 0.4) is 0 Å². The van der Waals surface area contributed by atoms with Gasteiger partial charge in [-0.3, -0.25) is 9.79 Å². The molecule has 2 aromatic heterocycles. The molecule has 9 heteroatoms. The molecule has 0 aliphatic rings. The number of benzene rings is 1. The van der Waals surface area contributed by atoms with Crippen LogP contribution in [0.5, 0.6) is 0 Å². The highest BCUT2D eigenvalue weighted by molar-refractivity contribution is 5.86. The molecule has 2 heterocycles. The number of nitrogen functional groups attached to an aromatic ring is 1. The zero-order valence-electron chi connectivity index (χ0n) is 24.4. The fourth-order valence-corrected chi connectivity index (χ4v) is 3.73. The van der Waals surface area contributed by atoms with Crippen LogP contribution in [0.4, 0.5) is 5.82 Å². The van der Waals surface area contributed by atoms with Gasteiger partial charge in [0.1, 0.15) is 11.3 Å². The number of aryl methyl sites for hydroxylation is 3. The molecule has 0 fully saturated rings. The zero-order chi connectivity index (χ0) is 29.6. The van der Waals surface area contributed by atoms with Crippen molar-refractivity contribution >= 4 is 42.3 Å². The van der Waals surface area contributed by atoms with Gasteiger partial charge in [-0.2, -0.15) is 0 Å². The van der Waals surface area contributed by atoms with E-state index in [4.69, 9.17) is 11.5 Å². The molecule has 0 radical (unpaired) electrons. The molecule has 0 bridgehead atoms. The van der Waals surface area contributed by atoms with Crippen LogP contribution in [0.15, 0.2) is 41.9 Å². The minimum atomic E-state index is 0.405. The number of amides is 1. The van der Waals surface area contributed by atoms with Gasteiger partial charge in [-0.25, -0.2) is 9.97 Å². The van der Waals surface area contributed by atoms with E-state index >= 15 is 0 Å². The molecular formula is C30H48N8O. The Kier molecular flexibility index (Phi) is 18.9. The van der Waals surface area contributed by atoms with E-state index in [0.29, 0.717) is 23.2 Å². The third-order valence-electron chi connectivity index (χ3n) is 5.50. The predicted molar refractivity (Wildman–Crippen MR) is 168 cm³/mol. The quantitative estimate of drug-likeness (QED) is 0.128. The molecular weight excluding hydrogens is 488 g/mol. The topological polar surface area (TPSA) is 150 Å². The first-order chi connectivity index (χ1) is 19.0. The number of unbranched alkanes of at least 4 members (excludes halogenated alkanes) is 1. The summed E-state index contributed by atoms with van der Waals surface area (Å²) in [6.45, 7) is 18.2. The number of hydrogen-bond acceptors (Lipinski definition) is 6. The second-order valence-corrected chi connectivity index (χ2v) is 8.06. The van der Waals surface area contributed by atoms with Gasteiger partial charge < -0.3 is 27.1 Å². The number of imidazole rings is 1. The number of rotatable bonds is 11. The maximum Gasteiger partial charge on any atom is 0.207 e. The number of allylic oxidation sites excluding steroid dienone is 1. The Bertz CT molecular complexity index is 1250. The van der Waals surface area contributed by atoms with E-state index in [2.05, 4.69) is 81.8 Å². The summed E-state index contributed by atoms with van der Waals surface area (Å²) in [5, 5.41) is 4.21. The van der Waals surface area contributed by atoms with Gasteiger partial charge in [-0.15, -0.1) is 0 Å². The first-order valence-electron chi connectivity index (χ1n) is 13.4. The van der Waals surface area contributed by atoms with Crippen LogP contribution < -0.4 is 33.1 Å². The third kappa shape index (κ3) is 11.5. The summed E-state index contributed by atoms with van der Waals surface area (Å²) in [6.07, 6.45) is 9.30. The molecule has 3 rings (SSSR count). The molecule has 214 valence electrons. The summed E-state index contributed by atoms with van der Waals surface area (Å²) < 4.78 is 2.18. The van der Waals surface area contributed by atoms with Crippen molar-refractivity contribution in [2.45, 2.75) is 59.9 Å². The van der Waals surface area contributed by atoms with Crippen molar-refractivity contribution in [1.82, 2.24) is 19.9 Å². The van der Waals surface area contributed by atoms with Crippen LogP contribution in [0.25, 0.3) is 23.7 Å². The minimum absolute atomic E-state index is 0.405. The smallest absolute Gasteiger partial charge is 0.207 e. The summed E-state index contributed by atoms with van der Waals surface area (Å²) in [5.41, 5.74) is 19.9. The number of fused-ring (bicyclic) bond motifs is 1. The normalized spacial score (nSPS) is 10.6. The molecule has 9 nitrogen and oxygen atoms in total. The predicted octanol–water partition coefficient (Wildman–Crippen LogP) is 2.60. The second-order valence-electron chi connectivity index (χ2n) is 8.06. The maximum absolute atomic E-state index is 10.3. The van der Waals surface area contributed by atoms with Gasteiger partial charge in [0.25, 0.3) is 0 Å². The van der Waals surface area contributed by atoms with E-state index in [1.807, 2.05) is 19.9 Å². The molecule has 1 amide bonds. The number of hydrogen-bond donors (Lipinski definition) is 4. The Hall–Kier alpha value is -3.98. The van der Waals surface area contributed by atoms with Crippen molar-refractivity contribution in [2.75, 3.05) is 25.9 Å². The lowest BCUT2D eigenvalue weighted by molar-refractivity contribution is -0.109. The lowest BCUT2D eigenvalue weighted by Gasteiger charge is -2.09. The summed E-state index contributed by atoms with van der Waals surface area (Å²) in [7, 11) is 1.50. The van der Waals surface area contributed by atoms with E-state index in [0.717, 1.165) is 61.7 Å². The molecule has 0 aliphatic heterocycles. The van der Waals surface area contributed by atoms with E-state index < -0.39 is 0 Å². The highest BCUT2D eigenvalue weighted by atomic mass is 16.1. The summed E-state index contributed by atoms with van der Waals surface area (Å²) in [5.74, 6) is 1.38. The molecule has 0 aliphatic carbocycles. The standard InChI is InChI=1S/C17H23N5O.C10H14N2.C2H6.CH5N/c1-4-8-13-12(3)20-17(18)15-16(13)22(14(5-2)21-15)10-7-6-9-19-11-23;1-9-2-4-10(5-3-9)6-7-12-8-11;2*1-2/h4,8,11H,1,3,5-7,9-10H2,2H3,(H2,18,20)(H,19,23);2-5,8H,6-7H2,1H3,(H2,11,12);1-2H3;2H2,1H3/b13-8+;;;. The van der Waals surface area contributed by atoms with Gasteiger partial charge in [0.2, 0.25) is 6.41 Å². The molecule has 7 N–H and O–H groups in total. The number of carbonyl (C=O) groups excluding carboxylic acids is 1. The molecule has 0 unspecified atom stereocenters. The van der Waals surface area contributed by atoms with Crippen LogP contribution in [-0.4, -0.2) is 47.4 Å². The average Bonchev–Trinajstić information content (AvgIpc) is 3.33. The van der Waals surface area contributed by atoms with Gasteiger partial charge in [-0.1, -0.05) is 75.9 Å². The first-order valence-corrected chi connectivity index (χ1v) is 13.4. The van der Waals surface area contributed by atoms with Crippen molar-refractivity contribution in [2.24, 2.45) is 16.5 Å². The van der Waals surface area contributed by atoms with E-state index in [9.17, 15) is 4.79 Å². The average molecular weight is 537 g/mol. The molecule has 1 aromatic carbocycles. The van der Waals surface area contributed by atoms with Crippen LogP contribution in [0.2, 0.25) is 0 Å².